The molecule has 0 bridgehead atoms. The third kappa shape index (κ3) is 4.22. The van der Waals surface area contributed by atoms with Crippen molar-refractivity contribution in [1.29, 1.82) is 0 Å². The summed E-state index contributed by atoms with van der Waals surface area (Å²) in [7, 11) is -0.661. The van der Waals surface area contributed by atoms with Crippen molar-refractivity contribution in [3.8, 4) is 0 Å². The highest BCUT2D eigenvalue weighted by molar-refractivity contribution is 7.80. The van der Waals surface area contributed by atoms with Gasteiger partial charge in [0, 0.05) is 11.5 Å². The minimum atomic E-state index is -0.661. The van der Waals surface area contributed by atoms with Crippen molar-refractivity contribution in [3.63, 3.8) is 0 Å². The maximum atomic E-state index is 4.84. The van der Waals surface area contributed by atoms with Gasteiger partial charge in [-0.25, -0.2) is 0 Å². The van der Waals surface area contributed by atoms with Crippen LogP contribution in [-0.2, 0) is 0 Å². The molecule has 0 unspecified atom stereocenters. The van der Waals surface area contributed by atoms with Crippen LogP contribution in [-0.4, -0.2) is 6.21 Å². The molecule has 0 heterocycles. The van der Waals surface area contributed by atoms with Gasteiger partial charge in [-0.15, -0.1) is 0 Å². The molecule has 4 rings (SSSR count). The maximum Gasteiger partial charge on any atom is 0.0713 e. The normalized spacial score (nSPS) is 11.1. The lowest BCUT2D eigenvalue weighted by atomic mass is 10.2. The minimum absolute atomic E-state index is 0.661. The Balaban J connectivity index is 1.81. The molecule has 0 amide bonds. The van der Waals surface area contributed by atoms with Gasteiger partial charge in [0.1, 0.15) is 0 Å². The lowest BCUT2D eigenvalue weighted by Crippen LogP contribution is -2.20. The van der Waals surface area contributed by atoms with E-state index in [0.717, 1.165) is 11.3 Å². The van der Waals surface area contributed by atoms with E-state index in [1.807, 2.05) is 24.4 Å². The molecule has 0 aliphatic heterocycles. The summed E-state index contributed by atoms with van der Waals surface area (Å²) in [5, 5.41) is 3.94. The van der Waals surface area contributed by atoms with Crippen LogP contribution in [0.5, 0.6) is 0 Å². The van der Waals surface area contributed by atoms with Crippen molar-refractivity contribution >= 4 is 35.7 Å². The maximum absolute atomic E-state index is 4.84. The third-order valence-electron chi connectivity index (χ3n) is 4.30. The average molecular weight is 365 g/mol. The van der Waals surface area contributed by atoms with E-state index in [1.54, 1.807) is 0 Å². The highest BCUT2D eigenvalue weighted by Crippen LogP contribution is 2.36. The molecule has 0 N–H and O–H groups in total. The van der Waals surface area contributed by atoms with Crippen molar-refractivity contribution in [3.05, 3.63) is 121 Å². The first-order valence-corrected chi connectivity index (χ1v) is 10.3. The number of para-hydroxylation sites is 1. The molecule has 0 aromatic heterocycles. The van der Waals surface area contributed by atoms with Crippen LogP contribution < -0.4 is 15.9 Å². The average Bonchev–Trinajstić information content (AvgIpc) is 2.76. The van der Waals surface area contributed by atoms with E-state index in [9.17, 15) is 0 Å². The smallest absolute Gasteiger partial charge is 0.0713 e. The van der Waals surface area contributed by atoms with Gasteiger partial charge < -0.3 is 0 Å². The van der Waals surface area contributed by atoms with Crippen LogP contribution in [0.4, 0.5) is 5.69 Å². The van der Waals surface area contributed by atoms with Gasteiger partial charge in [0.2, 0.25) is 0 Å². The van der Waals surface area contributed by atoms with Crippen molar-refractivity contribution in [2.45, 2.75) is 0 Å². The Kier molecular flexibility index (Phi) is 5.53. The van der Waals surface area contributed by atoms with Crippen LogP contribution in [0.1, 0.15) is 5.56 Å². The number of hydrogen-bond acceptors (Lipinski definition) is 1. The van der Waals surface area contributed by atoms with E-state index in [0.29, 0.717) is 0 Å². The van der Waals surface area contributed by atoms with E-state index in [-0.39, 0.29) is 0 Å². The molecular weight excluding hydrogens is 345 g/mol. The Morgan fingerprint density at radius 2 is 1.00 bits per heavy atom. The van der Waals surface area contributed by atoms with E-state index in [2.05, 4.69) is 97.1 Å². The fraction of sp³-hybridized carbons (Fsp3) is 0. The first-order chi connectivity index (χ1) is 13.4. The van der Waals surface area contributed by atoms with Crippen molar-refractivity contribution in [2.24, 2.45) is 4.99 Å². The van der Waals surface area contributed by atoms with Crippen molar-refractivity contribution in [2.75, 3.05) is 0 Å². The topological polar surface area (TPSA) is 12.4 Å². The highest BCUT2D eigenvalue weighted by atomic mass is 31.1. The van der Waals surface area contributed by atoms with Crippen LogP contribution in [0.3, 0.4) is 0 Å². The Morgan fingerprint density at radius 3 is 1.59 bits per heavy atom. The molecule has 0 aliphatic rings. The summed E-state index contributed by atoms with van der Waals surface area (Å²) in [4.78, 5) is 4.84. The molecule has 0 atom stereocenters. The predicted octanol–water partition coefficient (Wildman–Crippen LogP) is 5.20. The zero-order valence-corrected chi connectivity index (χ0v) is 15.8. The minimum Gasteiger partial charge on any atom is -0.256 e. The first-order valence-electron chi connectivity index (χ1n) is 9.00. The highest BCUT2D eigenvalue weighted by Gasteiger charge is 2.18. The number of hydrogen-bond donors (Lipinski definition) is 0. The Morgan fingerprint density at radius 1 is 0.519 bits per heavy atom. The summed E-state index contributed by atoms with van der Waals surface area (Å²) in [6.45, 7) is 0. The van der Waals surface area contributed by atoms with E-state index in [4.69, 9.17) is 4.99 Å². The summed E-state index contributed by atoms with van der Waals surface area (Å²) >= 11 is 0. The molecule has 4 aromatic rings. The third-order valence-corrected chi connectivity index (χ3v) is 6.79. The van der Waals surface area contributed by atoms with Crippen molar-refractivity contribution in [1.82, 2.24) is 0 Å². The molecule has 0 aliphatic carbocycles. The van der Waals surface area contributed by atoms with E-state index in [1.165, 1.54) is 15.9 Å². The summed E-state index contributed by atoms with van der Waals surface area (Å²) in [6.07, 6.45) is 1.95. The number of aliphatic imine (C=N–C) groups is 1. The number of nitrogens with zero attached hydrogens (tertiary/aromatic N) is 1. The lowest BCUT2D eigenvalue weighted by Gasteiger charge is -2.20. The molecule has 2 heteroatoms. The Bertz CT molecular complexity index is 972. The Hall–Kier alpha value is -3.02. The fourth-order valence-corrected chi connectivity index (χ4v) is 5.42. The molecule has 0 spiro atoms. The Labute approximate surface area is 161 Å². The monoisotopic (exact) mass is 365 g/mol. The molecule has 0 fully saturated rings. The van der Waals surface area contributed by atoms with Gasteiger partial charge in [0.25, 0.3) is 0 Å². The van der Waals surface area contributed by atoms with Gasteiger partial charge in [-0.3, -0.25) is 4.99 Å². The molecule has 0 saturated heterocycles. The van der Waals surface area contributed by atoms with Gasteiger partial charge in [-0.2, -0.15) is 0 Å². The predicted molar refractivity (Wildman–Crippen MR) is 119 cm³/mol. The van der Waals surface area contributed by atoms with Crippen molar-refractivity contribution < 1.29 is 0 Å². The summed E-state index contributed by atoms with van der Waals surface area (Å²) in [5.74, 6) is 0. The number of benzene rings is 4. The molecule has 4 aromatic carbocycles. The van der Waals surface area contributed by atoms with Crippen LogP contribution in [0, 0.1) is 0 Å². The van der Waals surface area contributed by atoms with Crippen LogP contribution >= 0.6 is 7.92 Å². The largest absolute Gasteiger partial charge is 0.256 e. The second kappa shape index (κ2) is 8.58. The van der Waals surface area contributed by atoms with E-state index < -0.39 is 7.92 Å². The molecule has 0 saturated carbocycles. The zero-order chi connectivity index (χ0) is 18.3. The zero-order valence-electron chi connectivity index (χ0n) is 14.9. The fourth-order valence-electron chi connectivity index (χ4n) is 3.03. The van der Waals surface area contributed by atoms with Gasteiger partial charge in [0.05, 0.1) is 5.69 Å². The molecule has 130 valence electrons. The van der Waals surface area contributed by atoms with Gasteiger partial charge in [-0.05, 0) is 30.2 Å². The lowest BCUT2D eigenvalue weighted by molar-refractivity contribution is 1.55. The molecular formula is C25H20NP. The summed E-state index contributed by atoms with van der Waals surface area (Å²) in [6, 6.07) is 40.2. The van der Waals surface area contributed by atoms with Gasteiger partial charge in [-0.1, -0.05) is 109 Å². The van der Waals surface area contributed by atoms with E-state index >= 15 is 0 Å². The first kappa shape index (κ1) is 17.4. The summed E-state index contributed by atoms with van der Waals surface area (Å²) in [5.41, 5.74) is 2.14. The van der Waals surface area contributed by atoms with Crippen LogP contribution in [0.25, 0.3) is 0 Å². The SMILES string of the molecule is C(=Nc1ccccc1P(c1ccccc1)c1ccccc1)c1ccccc1. The van der Waals surface area contributed by atoms with Crippen LogP contribution in [0.15, 0.2) is 120 Å². The standard InChI is InChI=1S/C25H20NP/c1-4-12-21(13-5-1)20-26-24-18-10-11-19-25(24)27(22-14-6-2-7-15-22)23-16-8-3-9-17-23/h1-20H. The number of rotatable bonds is 5. The second-order valence-electron chi connectivity index (χ2n) is 6.16. The molecule has 1 nitrogen and oxygen atoms in total. The quantitative estimate of drug-likeness (QED) is 0.341. The summed E-state index contributed by atoms with van der Waals surface area (Å²) < 4.78 is 0. The molecule has 27 heavy (non-hydrogen) atoms. The second-order valence-corrected chi connectivity index (χ2v) is 8.35. The van der Waals surface area contributed by atoms with Gasteiger partial charge in [0.15, 0.2) is 0 Å². The molecule has 0 radical (unpaired) electrons. The van der Waals surface area contributed by atoms with Gasteiger partial charge >= 0.3 is 0 Å². The van der Waals surface area contributed by atoms with Crippen LogP contribution in [0.2, 0.25) is 0 Å².